The van der Waals surface area contributed by atoms with E-state index in [0.29, 0.717) is 6.04 Å². The Morgan fingerprint density at radius 1 is 1.17 bits per heavy atom. The molecule has 0 radical (unpaired) electrons. The van der Waals surface area contributed by atoms with Crippen LogP contribution in [0.5, 0.6) is 0 Å². The lowest BCUT2D eigenvalue weighted by Crippen LogP contribution is -2.52. The van der Waals surface area contributed by atoms with Crippen LogP contribution in [-0.4, -0.2) is 72.1 Å². The third kappa shape index (κ3) is 6.95. The van der Waals surface area contributed by atoms with Crippen LogP contribution in [-0.2, 0) is 19.6 Å². The minimum absolute atomic E-state index is 0. The zero-order valence-electron chi connectivity index (χ0n) is 18.5. The molecule has 8 heteroatoms. The number of aliphatic imine (C=N–C) groups is 1. The summed E-state index contributed by atoms with van der Waals surface area (Å²) in [5, 5.41) is 7.58. The smallest absolute Gasteiger partial charge is 0.194 e. The summed E-state index contributed by atoms with van der Waals surface area (Å²) in [6, 6.07) is 11.1. The van der Waals surface area contributed by atoms with Crippen molar-refractivity contribution < 1.29 is 4.52 Å². The summed E-state index contributed by atoms with van der Waals surface area (Å²) in [4.78, 5) is 11.6. The van der Waals surface area contributed by atoms with Crippen molar-refractivity contribution in [3.05, 3.63) is 53.4 Å². The number of aromatic nitrogens is 1. The molecule has 0 atom stereocenters. The first-order valence-corrected chi connectivity index (χ1v) is 10.4. The Morgan fingerprint density at radius 2 is 1.87 bits per heavy atom. The van der Waals surface area contributed by atoms with Crippen LogP contribution in [0.3, 0.4) is 0 Å². The number of guanidine groups is 1. The van der Waals surface area contributed by atoms with Gasteiger partial charge >= 0.3 is 0 Å². The normalized spacial score (nSPS) is 15.5. The van der Waals surface area contributed by atoms with E-state index in [1.165, 1.54) is 11.1 Å². The molecule has 166 valence electrons. The van der Waals surface area contributed by atoms with Crippen LogP contribution in [0, 0.1) is 0 Å². The van der Waals surface area contributed by atoms with E-state index in [-0.39, 0.29) is 24.0 Å². The molecule has 1 aliphatic rings. The van der Waals surface area contributed by atoms with Crippen molar-refractivity contribution in [2.45, 2.75) is 39.5 Å². The van der Waals surface area contributed by atoms with Gasteiger partial charge in [0.2, 0.25) is 0 Å². The van der Waals surface area contributed by atoms with Crippen LogP contribution < -0.4 is 5.32 Å². The molecule has 1 saturated heterocycles. The van der Waals surface area contributed by atoms with E-state index in [4.69, 9.17) is 4.52 Å². The molecule has 3 rings (SSSR count). The Labute approximate surface area is 197 Å². The number of hydrogen-bond acceptors (Lipinski definition) is 5. The summed E-state index contributed by atoms with van der Waals surface area (Å²) in [5.41, 5.74) is 3.68. The van der Waals surface area contributed by atoms with Crippen LogP contribution in [0.4, 0.5) is 0 Å². The van der Waals surface area contributed by atoms with E-state index in [9.17, 15) is 0 Å². The largest absolute Gasteiger partial charge is 0.364 e. The molecule has 1 aromatic carbocycles. The number of rotatable bonds is 7. The lowest BCUT2D eigenvalue weighted by Gasteiger charge is -2.36. The summed E-state index contributed by atoms with van der Waals surface area (Å²) in [5.74, 6) is 0.970. The number of hydrogen-bond donors (Lipinski definition) is 1. The SMILES string of the molecule is CN=C(NCc1ccccc1CN(C)C(C)C)N1CCN(Cc2ccon2)CC1.I. The van der Waals surface area contributed by atoms with Crippen molar-refractivity contribution in [3.8, 4) is 0 Å². The predicted octanol–water partition coefficient (Wildman–Crippen LogP) is 3.03. The standard InChI is InChI=1S/C22H34N6O.HI/c1-18(2)26(4)16-20-8-6-5-7-19(20)15-24-22(23-3)28-12-10-27(11-13-28)17-21-9-14-29-25-21;/h5-9,14,18H,10-13,15-17H2,1-4H3,(H,23,24);1H. The average molecular weight is 526 g/mol. The maximum absolute atomic E-state index is 4.93. The highest BCUT2D eigenvalue weighted by molar-refractivity contribution is 14.0. The Balaban J connectivity index is 0.00000320. The highest BCUT2D eigenvalue weighted by Gasteiger charge is 2.20. The van der Waals surface area contributed by atoms with Gasteiger partial charge in [-0.25, -0.2) is 0 Å². The van der Waals surface area contributed by atoms with Crippen molar-refractivity contribution in [2.75, 3.05) is 40.3 Å². The second kappa shape index (κ2) is 12.3. The van der Waals surface area contributed by atoms with Crippen molar-refractivity contribution >= 4 is 29.9 Å². The summed E-state index contributed by atoms with van der Waals surface area (Å²) in [6.45, 7) is 10.9. The Hall–Kier alpha value is -1.65. The molecule has 30 heavy (non-hydrogen) atoms. The predicted molar refractivity (Wildman–Crippen MR) is 132 cm³/mol. The molecule has 2 aromatic rings. The van der Waals surface area contributed by atoms with Crippen LogP contribution in [0.1, 0.15) is 30.7 Å². The molecule has 0 saturated carbocycles. The van der Waals surface area contributed by atoms with Crippen LogP contribution in [0.15, 0.2) is 46.1 Å². The number of nitrogens with zero attached hydrogens (tertiary/aromatic N) is 5. The van der Waals surface area contributed by atoms with Crippen molar-refractivity contribution in [2.24, 2.45) is 4.99 Å². The lowest BCUT2D eigenvalue weighted by molar-refractivity contribution is 0.169. The third-order valence-corrected chi connectivity index (χ3v) is 5.62. The monoisotopic (exact) mass is 526 g/mol. The topological polar surface area (TPSA) is 60.1 Å². The molecule has 0 bridgehead atoms. The van der Waals surface area contributed by atoms with Gasteiger partial charge in [0.05, 0.1) is 5.69 Å². The van der Waals surface area contributed by atoms with Crippen LogP contribution >= 0.6 is 24.0 Å². The first kappa shape index (κ1) is 24.6. The Morgan fingerprint density at radius 3 is 2.47 bits per heavy atom. The van der Waals surface area contributed by atoms with Crippen molar-refractivity contribution in [1.29, 1.82) is 0 Å². The maximum Gasteiger partial charge on any atom is 0.194 e. The second-order valence-electron chi connectivity index (χ2n) is 7.93. The Bertz CT molecular complexity index is 772. The lowest BCUT2D eigenvalue weighted by atomic mass is 10.1. The minimum atomic E-state index is 0. The molecule has 0 unspecified atom stereocenters. The molecule has 0 amide bonds. The number of piperazine rings is 1. The van der Waals surface area contributed by atoms with Crippen molar-refractivity contribution in [1.82, 2.24) is 25.2 Å². The molecular formula is C22H35IN6O. The van der Waals surface area contributed by atoms with Gasteiger partial charge in [-0.2, -0.15) is 0 Å². The van der Waals surface area contributed by atoms with Gasteiger partial charge in [-0.05, 0) is 32.0 Å². The fourth-order valence-electron chi connectivity index (χ4n) is 3.51. The summed E-state index contributed by atoms with van der Waals surface area (Å²) in [6.07, 6.45) is 1.63. The number of nitrogens with one attached hydrogen (secondary N) is 1. The fourth-order valence-corrected chi connectivity index (χ4v) is 3.51. The van der Waals surface area contributed by atoms with Gasteiger partial charge in [0.25, 0.3) is 0 Å². The van der Waals surface area contributed by atoms with Gasteiger partial charge in [0, 0.05) is 65.0 Å². The second-order valence-corrected chi connectivity index (χ2v) is 7.93. The summed E-state index contributed by atoms with van der Waals surface area (Å²) in [7, 11) is 4.04. The summed E-state index contributed by atoms with van der Waals surface area (Å²) >= 11 is 0. The van der Waals surface area contributed by atoms with E-state index in [1.807, 2.05) is 13.1 Å². The van der Waals surface area contributed by atoms with E-state index in [0.717, 1.165) is 57.5 Å². The molecule has 0 aliphatic carbocycles. The van der Waals surface area contributed by atoms with E-state index >= 15 is 0 Å². The van der Waals surface area contributed by atoms with Gasteiger partial charge in [-0.1, -0.05) is 29.4 Å². The van der Waals surface area contributed by atoms with Crippen LogP contribution in [0.25, 0.3) is 0 Å². The van der Waals surface area contributed by atoms with Crippen molar-refractivity contribution in [3.63, 3.8) is 0 Å². The van der Waals surface area contributed by atoms with E-state index < -0.39 is 0 Å². The average Bonchev–Trinajstić information content (AvgIpc) is 3.23. The third-order valence-electron chi connectivity index (χ3n) is 5.62. The summed E-state index contributed by atoms with van der Waals surface area (Å²) < 4.78 is 4.93. The highest BCUT2D eigenvalue weighted by Crippen LogP contribution is 2.13. The zero-order chi connectivity index (χ0) is 20.6. The van der Waals surface area contributed by atoms with Gasteiger partial charge in [-0.15, -0.1) is 24.0 Å². The minimum Gasteiger partial charge on any atom is -0.364 e. The first-order chi connectivity index (χ1) is 14.1. The molecule has 0 spiro atoms. The Kier molecular flexibility index (Phi) is 10.1. The first-order valence-electron chi connectivity index (χ1n) is 10.4. The van der Waals surface area contributed by atoms with E-state index in [2.05, 4.69) is 75.3 Å². The van der Waals surface area contributed by atoms with E-state index in [1.54, 1.807) is 6.26 Å². The molecule has 1 aromatic heterocycles. The van der Waals surface area contributed by atoms with Crippen LogP contribution in [0.2, 0.25) is 0 Å². The maximum atomic E-state index is 4.93. The molecule has 1 fully saturated rings. The quantitative estimate of drug-likeness (QED) is 0.340. The molecule has 7 nitrogen and oxygen atoms in total. The van der Waals surface area contributed by atoms with Gasteiger partial charge in [-0.3, -0.25) is 14.8 Å². The highest BCUT2D eigenvalue weighted by atomic mass is 127. The molecule has 1 N–H and O–H groups in total. The van der Waals surface area contributed by atoms with Gasteiger partial charge < -0.3 is 14.7 Å². The van der Waals surface area contributed by atoms with Gasteiger partial charge in [0.15, 0.2) is 5.96 Å². The molecular weight excluding hydrogens is 491 g/mol. The fraction of sp³-hybridized carbons (Fsp3) is 0.545. The van der Waals surface area contributed by atoms with Gasteiger partial charge in [0.1, 0.15) is 6.26 Å². The molecule has 2 heterocycles. The zero-order valence-corrected chi connectivity index (χ0v) is 20.9. The number of halogens is 1. The molecule has 1 aliphatic heterocycles. The number of benzene rings is 1.